The van der Waals surface area contributed by atoms with Crippen molar-refractivity contribution < 1.29 is 0 Å². The van der Waals surface area contributed by atoms with E-state index in [1.165, 1.54) is 21.9 Å². The lowest BCUT2D eigenvalue weighted by atomic mass is 9.99. The Kier molecular flexibility index (Phi) is 4.22. The zero-order valence-electron chi connectivity index (χ0n) is 10.1. The van der Waals surface area contributed by atoms with Crippen LogP contribution in [0.15, 0.2) is 54.1 Å². The smallest absolute Gasteiger partial charge is 0.0258 e. The first-order valence-electron chi connectivity index (χ1n) is 5.99. The Morgan fingerprint density at radius 1 is 1.12 bits per heavy atom. The Labute approximate surface area is 108 Å². The van der Waals surface area contributed by atoms with E-state index in [-0.39, 0.29) is 0 Å². The molecule has 0 heterocycles. The summed E-state index contributed by atoms with van der Waals surface area (Å²) in [7, 11) is 0. The number of fused-ring (bicyclic) bond motifs is 1. The Morgan fingerprint density at radius 3 is 2.71 bits per heavy atom. The Morgan fingerprint density at radius 2 is 1.88 bits per heavy atom. The average molecular weight is 245 g/mol. The molecule has 2 aromatic rings. The molecule has 88 valence electrons. The summed E-state index contributed by atoms with van der Waals surface area (Å²) in [6, 6.07) is 15.0. The summed E-state index contributed by atoms with van der Waals surface area (Å²) >= 11 is 5.70. The minimum atomic E-state index is 0.701. The average Bonchev–Trinajstić information content (AvgIpc) is 2.37. The quantitative estimate of drug-likeness (QED) is 0.527. The number of allylic oxidation sites excluding steroid dienone is 2. The van der Waals surface area contributed by atoms with Crippen LogP contribution in [0, 0.1) is 0 Å². The van der Waals surface area contributed by atoms with Gasteiger partial charge in [-0.15, -0.1) is 11.6 Å². The zero-order valence-corrected chi connectivity index (χ0v) is 10.9. The molecular weight excluding hydrogens is 228 g/mol. The Bertz CT molecular complexity index is 521. The van der Waals surface area contributed by atoms with Crippen molar-refractivity contribution in [3.8, 4) is 0 Å². The Hall–Kier alpha value is -1.27. The van der Waals surface area contributed by atoms with Crippen LogP contribution < -0.4 is 0 Å². The number of rotatable bonds is 4. The highest BCUT2D eigenvalue weighted by molar-refractivity contribution is 6.17. The molecule has 0 aliphatic rings. The minimum absolute atomic E-state index is 0.701. The normalized spacial score (nSPS) is 12.0. The summed E-state index contributed by atoms with van der Waals surface area (Å²) in [4.78, 5) is 0. The van der Waals surface area contributed by atoms with Gasteiger partial charge in [-0.3, -0.25) is 0 Å². The maximum atomic E-state index is 5.70. The molecule has 0 bridgehead atoms. The largest absolute Gasteiger partial charge is 0.126 e. The molecular formula is C16H17Cl. The summed E-state index contributed by atoms with van der Waals surface area (Å²) in [5, 5.41) is 2.67. The van der Waals surface area contributed by atoms with E-state index >= 15 is 0 Å². The van der Waals surface area contributed by atoms with Crippen LogP contribution in [0.4, 0.5) is 0 Å². The van der Waals surface area contributed by atoms with Crippen molar-refractivity contribution in [3.05, 3.63) is 59.7 Å². The van der Waals surface area contributed by atoms with Gasteiger partial charge < -0.3 is 0 Å². The topological polar surface area (TPSA) is 0 Å². The molecule has 0 saturated carbocycles. The zero-order chi connectivity index (χ0) is 12.1. The number of alkyl halides is 1. The molecule has 0 fully saturated rings. The lowest BCUT2D eigenvalue weighted by Crippen LogP contribution is -1.89. The fraction of sp³-hybridized carbons (Fsp3) is 0.250. The molecule has 0 N–H and O–H groups in total. The number of benzene rings is 2. The van der Waals surface area contributed by atoms with Crippen LogP contribution in [-0.4, -0.2) is 5.88 Å². The van der Waals surface area contributed by atoms with Gasteiger partial charge in [0.25, 0.3) is 0 Å². The fourth-order valence-electron chi connectivity index (χ4n) is 2.12. The van der Waals surface area contributed by atoms with Gasteiger partial charge in [0.2, 0.25) is 0 Å². The molecule has 0 aliphatic heterocycles. The van der Waals surface area contributed by atoms with Gasteiger partial charge in [0, 0.05) is 5.88 Å². The molecule has 0 saturated heterocycles. The Balaban J connectivity index is 2.30. The minimum Gasteiger partial charge on any atom is -0.126 e. The SMILES string of the molecule is CC(=CCCCl)Cc1cccc2ccccc12. The second kappa shape index (κ2) is 5.88. The van der Waals surface area contributed by atoms with Gasteiger partial charge >= 0.3 is 0 Å². The predicted octanol–water partition coefficient (Wildman–Crippen LogP) is 4.96. The summed E-state index contributed by atoms with van der Waals surface area (Å²) in [6.07, 6.45) is 4.20. The first kappa shape index (κ1) is 12.2. The summed E-state index contributed by atoms with van der Waals surface area (Å²) < 4.78 is 0. The van der Waals surface area contributed by atoms with Crippen LogP contribution in [0.5, 0.6) is 0 Å². The first-order valence-corrected chi connectivity index (χ1v) is 6.53. The monoisotopic (exact) mass is 244 g/mol. The first-order chi connectivity index (χ1) is 8.31. The predicted molar refractivity (Wildman–Crippen MR) is 76.7 cm³/mol. The van der Waals surface area contributed by atoms with E-state index in [4.69, 9.17) is 11.6 Å². The second-order valence-electron chi connectivity index (χ2n) is 4.34. The highest BCUT2D eigenvalue weighted by Crippen LogP contribution is 2.21. The molecule has 0 unspecified atom stereocenters. The fourth-order valence-corrected chi connectivity index (χ4v) is 2.23. The third kappa shape index (κ3) is 3.10. The van der Waals surface area contributed by atoms with Crippen molar-refractivity contribution in [1.82, 2.24) is 0 Å². The molecule has 0 nitrogen and oxygen atoms in total. The third-order valence-corrected chi connectivity index (χ3v) is 3.17. The lowest BCUT2D eigenvalue weighted by Gasteiger charge is -2.06. The van der Waals surface area contributed by atoms with E-state index in [0.29, 0.717) is 5.88 Å². The number of hydrogen-bond acceptors (Lipinski definition) is 0. The van der Waals surface area contributed by atoms with Gasteiger partial charge in [-0.25, -0.2) is 0 Å². The maximum absolute atomic E-state index is 5.70. The molecule has 2 aromatic carbocycles. The highest BCUT2D eigenvalue weighted by atomic mass is 35.5. The summed E-state index contributed by atoms with van der Waals surface area (Å²) in [5.74, 6) is 0.701. The van der Waals surface area contributed by atoms with E-state index in [2.05, 4.69) is 55.5 Å². The van der Waals surface area contributed by atoms with Crippen molar-refractivity contribution in [2.45, 2.75) is 19.8 Å². The maximum Gasteiger partial charge on any atom is 0.0258 e. The van der Waals surface area contributed by atoms with Crippen LogP contribution in [0.2, 0.25) is 0 Å². The van der Waals surface area contributed by atoms with Crippen molar-refractivity contribution in [2.24, 2.45) is 0 Å². The molecule has 1 heteroatoms. The lowest BCUT2D eigenvalue weighted by molar-refractivity contribution is 1.10. The molecule has 17 heavy (non-hydrogen) atoms. The van der Waals surface area contributed by atoms with Crippen molar-refractivity contribution in [2.75, 3.05) is 5.88 Å². The van der Waals surface area contributed by atoms with Gasteiger partial charge in [-0.1, -0.05) is 54.1 Å². The standard InChI is InChI=1S/C16H17Cl/c1-13(6-5-11-17)12-15-9-4-8-14-7-2-3-10-16(14)15/h2-4,6-10H,5,11-12H2,1H3. The highest BCUT2D eigenvalue weighted by Gasteiger charge is 2.00. The van der Waals surface area contributed by atoms with E-state index in [9.17, 15) is 0 Å². The summed E-state index contributed by atoms with van der Waals surface area (Å²) in [6.45, 7) is 2.17. The van der Waals surface area contributed by atoms with Crippen molar-refractivity contribution >= 4 is 22.4 Å². The molecule has 0 atom stereocenters. The van der Waals surface area contributed by atoms with E-state index < -0.39 is 0 Å². The van der Waals surface area contributed by atoms with Crippen LogP contribution in [0.25, 0.3) is 10.8 Å². The molecule has 0 amide bonds. The second-order valence-corrected chi connectivity index (χ2v) is 4.72. The molecule has 0 aliphatic carbocycles. The molecule has 2 rings (SSSR count). The van der Waals surface area contributed by atoms with Gasteiger partial charge in [0.05, 0.1) is 0 Å². The van der Waals surface area contributed by atoms with Crippen LogP contribution in [0.1, 0.15) is 18.9 Å². The van der Waals surface area contributed by atoms with E-state index in [1.54, 1.807) is 0 Å². The van der Waals surface area contributed by atoms with Gasteiger partial charge in [0.1, 0.15) is 0 Å². The van der Waals surface area contributed by atoms with Crippen LogP contribution >= 0.6 is 11.6 Å². The molecule has 0 spiro atoms. The van der Waals surface area contributed by atoms with E-state index in [0.717, 1.165) is 12.8 Å². The van der Waals surface area contributed by atoms with Crippen molar-refractivity contribution in [3.63, 3.8) is 0 Å². The van der Waals surface area contributed by atoms with Gasteiger partial charge in [0.15, 0.2) is 0 Å². The van der Waals surface area contributed by atoms with Crippen LogP contribution in [0.3, 0.4) is 0 Å². The molecule has 0 aromatic heterocycles. The molecule has 0 radical (unpaired) electrons. The van der Waals surface area contributed by atoms with Crippen molar-refractivity contribution in [1.29, 1.82) is 0 Å². The van der Waals surface area contributed by atoms with Crippen LogP contribution in [-0.2, 0) is 6.42 Å². The van der Waals surface area contributed by atoms with Gasteiger partial charge in [-0.2, -0.15) is 0 Å². The third-order valence-electron chi connectivity index (χ3n) is 2.95. The number of halogens is 1. The number of hydrogen-bond donors (Lipinski definition) is 0. The van der Waals surface area contributed by atoms with Gasteiger partial charge in [-0.05, 0) is 36.1 Å². The summed E-state index contributed by atoms with van der Waals surface area (Å²) in [5.41, 5.74) is 2.79. The van der Waals surface area contributed by atoms with E-state index in [1.807, 2.05) is 0 Å².